The molecule has 5 nitrogen and oxygen atoms in total. The second-order valence-corrected chi connectivity index (χ2v) is 6.55. The van der Waals surface area contributed by atoms with E-state index in [1.807, 2.05) is 0 Å². The van der Waals surface area contributed by atoms with Crippen molar-refractivity contribution in [3.63, 3.8) is 0 Å². The summed E-state index contributed by atoms with van der Waals surface area (Å²) in [6.45, 7) is -0.261. The topological polar surface area (TPSA) is 75.3 Å². The summed E-state index contributed by atoms with van der Waals surface area (Å²) in [6, 6.07) is 7.37. The lowest BCUT2D eigenvalue weighted by molar-refractivity contribution is -0.116. The number of benzene rings is 2. The van der Waals surface area contributed by atoms with Crippen LogP contribution in [0.1, 0.15) is 6.42 Å². The molecule has 0 atom stereocenters. The second-order valence-electron chi connectivity index (χ2n) is 4.78. The minimum absolute atomic E-state index is 0.223. The van der Waals surface area contributed by atoms with Crippen molar-refractivity contribution in [1.29, 1.82) is 0 Å². The molecule has 0 saturated carbocycles. The van der Waals surface area contributed by atoms with Crippen LogP contribution in [0.15, 0.2) is 47.4 Å². The average Bonchev–Trinajstić information content (AvgIpc) is 2.49. The maximum absolute atomic E-state index is 13.1. The van der Waals surface area contributed by atoms with Gasteiger partial charge in [0.05, 0.1) is 4.90 Å². The van der Waals surface area contributed by atoms with Gasteiger partial charge in [-0.15, -0.1) is 0 Å². The Hall–Kier alpha value is -2.39. The minimum Gasteiger partial charge on any atom is -0.326 e. The molecule has 0 saturated heterocycles. The molecule has 2 aromatic carbocycles. The molecule has 2 N–H and O–H groups in total. The average molecular weight is 358 g/mol. The van der Waals surface area contributed by atoms with E-state index < -0.39 is 38.3 Å². The van der Waals surface area contributed by atoms with E-state index in [0.29, 0.717) is 12.1 Å². The predicted octanol–water partition coefficient (Wildman–Crippen LogP) is 2.41. The quantitative estimate of drug-likeness (QED) is 0.833. The molecule has 2 rings (SSSR count). The lowest BCUT2D eigenvalue weighted by atomic mass is 10.3. The van der Waals surface area contributed by atoms with Crippen LogP contribution in [-0.2, 0) is 14.8 Å². The summed E-state index contributed by atoms with van der Waals surface area (Å²) in [6.07, 6.45) is -0.223. The molecular formula is C15H13F3N2O3S. The lowest BCUT2D eigenvalue weighted by Gasteiger charge is -2.08. The van der Waals surface area contributed by atoms with Crippen molar-refractivity contribution < 1.29 is 26.4 Å². The Kier molecular flexibility index (Phi) is 5.58. The van der Waals surface area contributed by atoms with Crippen LogP contribution in [0.4, 0.5) is 18.9 Å². The van der Waals surface area contributed by atoms with Crippen LogP contribution >= 0.6 is 0 Å². The van der Waals surface area contributed by atoms with Crippen LogP contribution in [0.5, 0.6) is 0 Å². The van der Waals surface area contributed by atoms with E-state index in [2.05, 4.69) is 10.0 Å². The van der Waals surface area contributed by atoms with Crippen LogP contribution < -0.4 is 10.0 Å². The highest BCUT2D eigenvalue weighted by molar-refractivity contribution is 7.89. The van der Waals surface area contributed by atoms with Gasteiger partial charge in [0.2, 0.25) is 15.9 Å². The number of nitrogens with one attached hydrogen (secondary N) is 2. The van der Waals surface area contributed by atoms with Gasteiger partial charge in [-0.05, 0) is 36.4 Å². The van der Waals surface area contributed by atoms with Crippen LogP contribution in [0, 0.1) is 17.5 Å². The number of anilines is 1. The SMILES string of the molecule is O=C(CCNS(=O)(=O)c1ccc(F)c(F)c1)Nc1cccc(F)c1. The maximum Gasteiger partial charge on any atom is 0.240 e. The maximum atomic E-state index is 13.1. The first-order valence-electron chi connectivity index (χ1n) is 6.78. The molecular weight excluding hydrogens is 345 g/mol. The standard InChI is InChI=1S/C15H13F3N2O3S/c16-10-2-1-3-11(8-10)20-15(21)6-7-19-24(22,23)12-4-5-13(17)14(18)9-12/h1-5,8-9,19H,6-7H2,(H,20,21). The predicted molar refractivity (Wildman–Crippen MR) is 81.2 cm³/mol. The van der Waals surface area contributed by atoms with E-state index in [1.54, 1.807) is 0 Å². The molecule has 0 aliphatic heterocycles. The smallest absolute Gasteiger partial charge is 0.240 e. The van der Waals surface area contributed by atoms with Crippen molar-refractivity contribution in [3.05, 3.63) is 59.9 Å². The molecule has 128 valence electrons. The molecule has 9 heteroatoms. The summed E-state index contributed by atoms with van der Waals surface area (Å²) in [4.78, 5) is 11.2. The fourth-order valence-corrected chi connectivity index (χ4v) is 2.86. The van der Waals surface area contributed by atoms with Gasteiger partial charge in [-0.25, -0.2) is 26.3 Å². The summed E-state index contributed by atoms with van der Waals surface area (Å²) in [5.74, 6) is -3.51. The summed E-state index contributed by atoms with van der Waals surface area (Å²) in [5.41, 5.74) is 0.239. The number of rotatable bonds is 6. The Balaban J connectivity index is 1.90. The summed E-state index contributed by atoms with van der Waals surface area (Å²) in [7, 11) is -4.07. The number of hydrogen-bond acceptors (Lipinski definition) is 3. The third-order valence-corrected chi connectivity index (χ3v) is 4.41. The van der Waals surface area contributed by atoms with E-state index in [9.17, 15) is 26.4 Å². The first kappa shape index (κ1) is 18.0. The highest BCUT2D eigenvalue weighted by atomic mass is 32.2. The lowest BCUT2D eigenvalue weighted by Crippen LogP contribution is -2.28. The van der Waals surface area contributed by atoms with Crippen LogP contribution in [-0.4, -0.2) is 20.9 Å². The monoisotopic (exact) mass is 358 g/mol. The highest BCUT2D eigenvalue weighted by Gasteiger charge is 2.16. The van der Waals surface area contributed by atoms with Gasteiger partial charge in [0, 0.05) is 18.7 Å². The van der Waals surface area contributed by atoms with E-state index in [-0.39, 0.29) is 18.7 Å². The minimum atomic E-state index is -4.07. The van der Waals surface area contributed by atoms with Gasteiger partial charge in [-0.2, -0.15) is 0 Å². The first-order chi connectivity index (χ1) is 11.3. The van der Waals surface area contributed by atoms with Crippen LogP contribution in [0.3, 0.4) is 0 Å². The van der Waals surface area contributed by atoms with Crippen molar-refractivity contribution in [2.24, 2.45) is 0 Å². The number of carbonyl (C=O) groups excluding carboxylic acids is 1. The number of halogens is 3. The van der Waals surface area contributed by atoms with Gasteiger partial charge in [0.15, 0.2) is 11.6 Å². The Morgan fingerprint density at radius 1 is 1.00 bits per heavy atom. The fourth-order valence-electron chi connectivity index (χ4n) is 1.82. The third kappa shape index (κ3) is 4.80. The third-order valence-electron chi connectivity index (χ3n) is 2.95. The molecule has 24 heavy (non-hydrogen) atoms. The molecule has 1 amide bonds. The molecule has 0 fully saturated rings. The molecule has 0 radical (unpaired) electrons. The van der Waals surface area contributed by atoms with Gasteiger partial charge in [-0.1, -0.05) is 6.07 Å². The van der Waals surface area contributed by atoms with E-state index >= 15 is 0 Å². The largest absolute Gasteiger partial charge is 0.326 e. The summed E-state index contributed by atoms with van der Waals surface area (Å²) < 4.78 is 64.8. The normalized spacial score (nSPS) is 11.3. The Morgan fingerprint density at radius 2 is 1.75 bits per heavy atom. The number of amides is 1. The van der Waals surface area contributed by atoms with Crippen molar-refractivity contribution in [2.75, 3.05) is 11.9 Å². The fraction of sp³-hybridized carbons (Fsp3) is 0.133. The Bertz CT molecular complexity index is 857. The Labute approximate surface area is 136 Å². The van der Waals surface area contributed by atoms with Crippen molar-refractivity contribution in [3.8, 4) is 0 Å². The summed E-state index contributed by atoms with van der Waals surface area (Å²) in [5, 5.41) is 2.40. The van der Waals surface area contributed by atoms with E-state index in [4.69, 9.17) is 0 Å². The van der Waals surface area contributed by atoms with E-state index in [1.165, 1.54) is 18.2 Å². The molecule has 0 heterocycles. The second kappa shape index (κ2) is 7.45. The Morgan fingerprint density at radius 3 is 2.42 bits per heavy atom. The van der Waals surface area contributed by atoms with Gasteiger partial charge in [0.25, 0.3) is 0 Å². The van der Waals surface area contributed by atoms with Crippen molar-refractivity contribution in [1.82, 2.24) is 4.72 Å². The zero-order valence-corrected chi connectivity index (χ0v) is 13.0. The van der Waals surface area contributed by atoms with Crippen molar-refractivity contribution >= 4 is 21.6 Å². The van der Waals surface area contributed by atoms with Gasteiger partial charge in [-0.3, -0.25) is 4.79 Å². The van der Waals surface area contributed by atoms with Crippen LogP contribution in [0.25, 0.3) is 0 Å². The van der Waals surface area contributed by atoms with Gasteiger partial charge in [0.1, 0.15) is 5.82 Å². The number of sulfonamides is 1. The molecule has 0 bridgehead atoms. The highest BCUT2D eigenvalue weighted by Crippen LogP contribution is 2.13. The number of hydrogen-bond donors (Lipinski definition) is 2. The van der Waals surface area contributed by atoms with Gasteiger partial charge >= 0.3 is 0 Å². The van der Waals surface area contributed by atoms with E-state index in [0.717, 1.165) is 12.1 Å². The summed E-state index contributed by atoms with van der Waals surface area (Å²) >= 11 is 0. The molecule has 0 spiro atoms. The molecule has 0 aromatic heterocycles. The number of carbonyl (C=O) groups is 1. The zero-order valence-electron chi connectivity index (χ0n) is 12.2. The molecule has 0 unspecified atom stereocenters. The molecule has 0 aliphatic rings. The molecule has 2 aromatic rings. The first-order valence-corrected chi connectivity index (χ1v) is 8.26. The molecule has 0 aliphatic carbocycles. The van der Waals surface area contributed by atoms with Crippen LogP contribution in [0.2, 0.25) is 0 Å². The van der Waals surface area contributed by atoms with Crippen molar-refractivity contribution in [2.45, 2.75) is 11.3 Å². The van der Waals surface area contributed by atoms with Gasteiger partial charge < -0.3 is 5.32 Å². The zero-order chi connectivity index (χ0) is 17.7.